The Morgan fingerprint density at radius 2 is 2.17 bits per heavy atom. The van der Waals surface area contributed by atoms with Gasteiger partial charge in [-0.05, 0) is 12.1 Å². The van der Waals surface area contributed by atoms with Crippen molar-refractivity contribution in [3.8, 4) is 5.75 Å². The zero-order chi connectivity index (χ0) is 12.8. The van der Waals surface area contributed by atoms with Crippen molar-refractivity contribution in [1.29, 1.82) is 0 Å². The molecule has 0 atom stereocenters. The van der Waals surface area contributed by atoms with E-state index < -0.39 is 0 Å². The number of ether oxygens (including phenoxy) is 1. The van der Waals surface area contributed by atoms with Crippen LogP contribution in [0.15, 0.2) is 36.5 Å². The molecule has 1 aromatic carbocycles. The van der Waals surface area contributed by atoms with Gasteiger partial charge in [0.25, 0.3) is 0 Å². The normalized spacial score (nSPS) is 10.3. The number of aromatic nitrogens is 1. The first kappa shape index (κ1) is 12.3. The summed E-state index contributed by atoms with van der Waals surface area (Å²) in [6.07, 6.45) is 1.73. The minimum atomic E-state index is -0.186. The molecule has 0 aliphatic heterocycles. The van der Waals surface area contributed by atoms with Gasteiger partial charge in [0.1, 0.15) is 17.9 Å². The summed E-state index contributed by atoms with van der Waals surface area (Å²) < 4.78 is 5.60. The van der Waals surface area contributed by atoms with Crippen molar-refractivity contribution in [2.75, 3.05) is 19.7 Å². The second-order valence-electron chi connectivity index (χ2n) is 3.73. The third kappa shape index (κ3) is 2.95. The van der Waals surface area contributed by atoms with E-state index in [0.717, 1.165) is 16.7 Å². The largest absolute Gasteiger partial charge is 0.489 e. The highest BCUT2D eigenvalue weighted by molar-refractivity contribution is 5.84. The zero-order valence-electron chi connectivity index (χ0n) is 9.93. The number of nitrogens with one attached hydrogen (secondary N) is 1. The molecule has 1 heterocycles. The second kappa shape index (κ2) is 5.97. The number of fused-ring (bicyclic) bond motifs is 1. The summed E-state index contributed by atoms with van der Waals surface area (Å²) in [6, 6.07) is 9.61. The Hall–Kier alpha value is -2.14. The Labute approximate surface area is 105 Å². The Balaban J connectivity index is 1.97. The lowest BCUT2D eigenvalue weighted by Gasteiger charge is -2.09. The van der Waals surface area contributed by atoms with E-state index in [1.165, 1.54) is 0 Å². The van der Waals surface area contributed by atoms with Crippen LogP contribution in [0.4, 0.5) is 0 Å². The molecule has 0 aliphatic rings. The molecule has 5 nitrogen and oxygen atoms in total. The fraction of sp³-hybridized carbons (Fsp3) is 0.231. The van der Waals surface area contributed by atoms with E-state index in [0.29, 0.717) is 13.2 Å². The number of hydrogen-bond acceptors (Lipinski definition) is 4. The number of nitrogens with two attached hydrogens (primary N) is 1. The van der Waals surface area contributed by atoms with Crippen LogP contribution in [-0.4, -0.2) is 30.6 Å². The molecule has 0 fully saturated rings. The fourth-order valence-corrected chi connectivity index (χ4v) is 1.62. The maximum absolute atomic E-state index is 10.9. The molecule has 1 amide bonds. The van der Waals surface area contributed by atoms with Gasteiger partial charge in [0.15, 0.2) is 0 Å². The molecule has 18 heavy (non-hydrogen) atoms. The van der Waals surface area contributed by atoms with Gasteiger partial charge in [-0.3, -0.25) is 9.78 Å². The van der Waals surface area contributed by atoms with Crippen LogP contribution >= 0.6 is 0 Å². The zero-order valence-corrected chi connectivity index (χ0v) is 9.93. The number of rotatable bonds is 5. The van der Waals surface area contributed by atoms with Crippen molar-refractivity contribution in [2.45, 2.75) is 0 Å². The number of nitrogens with zero attached hydrogens (tertiary/aromatic N) is 1. The van der Waals surface area contributed by atoms with Crippen LogP contribution in [0.3, 0.4) is 0 Å². The summed E-state index contributed by atoms with van der Waals surface area (Å²) in [6.45, 7) is 0.816. The Morgan fingerprint density at radius 3 is 3.00 bits per heavy atom. The summed E-state index contributed by atoms with van der Waals surface area (Å²) in [5.74, 6) is 0.532. The van der Waals surface area contributed by atoms with E-state index in [-0.39, 0.29) is 12.5 Å². The van der Waals surface area contributed by atoms with Gasteiger partial charge in [0, 0.05) is 11.6 Å². The molecule has 3 N–H and O–H groups in total. The SMILES string of the molecule is NCC(=O)NCCOc1cccc2cccnc12. The van der Waals surface area contributed by atoms with Crippen molar-refractivity contribution >= 4 is 16.8 Å². The Morgan fingerprint density at radius 1 is 1.33 bits per heavy atom. The molecule has 0 saturated carbocycles. The maximum atomic E-state index is 10.9. The highest BCUT2D eigenvalue weighted by atomic mass is 16.5. The van der Waals surface area contributed by atoms with Crippen molar-refractivity contribution in [1.82, 2.24) is 10.3 Å². The van der Waals surface area contributed by atoms with Gasteiger partial charge in [-0.15, -0.1) is 0 Å². The van der Waals surface area contributed by atoms with Crippen LogP contribution in [0, 0.1) is 0 Å². The van der Waals surface area contributed by atoms with Gasteiger partial charge in [0.05, 0.1) is 13.1 Å². The number of hydrogen-bond donors (Lipinski definition) is 2. The van der Waals surface area contributed by atoms with Gasteiger partial charge in [-0.25, -0.2) is 0 Å². The molecule has 5 heteroatoms. The average Bonchev–Trinajstić information content (AvgIpc) is 2.43. The van der Waals surface area contributed by atoms with Crippen molar-refractivity contribution in [3.63, 3.8) is 0 Å². The van der Waals surface area contributed by atoms with E-state index in [1.807, 2.05) is 30.3 Å². The Bertz CT molecular complexity index is 537. The quantitative estimate of drug-likeness (QED) is 0.760. The lowest BCUT2D eigenvalue weighted by atomic mass is 10.2. The molecule has 0 aliphatic carbocycles. The minimum Gasteiger partial charge on any atom is -0.489 e. The first-order chi connectivity index (χ1) is 8.81. The average molecular weight is 245 g/mol. The molecule has 1 aromatic heterocycles. The summed E-state index contributed by atoms with van der Waals surface area (Å²) in [5.41, 5.74) is 6.00. The third-order valence-corrected chi connectivity index (χ3v) is 2.46. The van der Waals surface area contributed by atoms with E-state index in [1.54, 1.807) is 6.20 Å². The van der Waals surface area contributed by atoms with Crippen LogP contribution in [0.25, 0.3) is 10.9 Å². The van der Waals surface area contributed by atoms with Crippen LogP contribution in [0.5, 0.6) is 5.75 Å². The highest BCUT2D eigenvalue weighted by Crippen LogP contribution is 2.22. The summed E-state index contributed by atoms with van der Waals surface area (Å²) >= 11 is 0. The lowest BCUT2D eigenvalue weighted by Crippen LogP contribution is -2.33. The molecule has 0 bridgehead atoms. The molecule has 0 unspecified atom stereocenters. The molecular weight excluding hydrogens is 230 g/mol. The molecule has 2 aromatic rings. The summed E-state index contributed by atoms with van der Waals surface area (Å²) in [7, 11) is 0. The van der Waals surface area contributed by atoms with Crippen molar-refractivity contribution in [2.24, 2.45) is 5.73 Å². The van der Waals surface area contributed by atoms with Crippen molar-refractivity contribution < 1.29 is 9.53 Å². The predicted molar refractivity (Wildman–Crippen MR) is 69.3 cm³/mol. The van der Waals surface area contributed by atoms with E-state index in [9.17, 15) is 4.79 Å². The lowest BCUT2D eigenvalue weighted by molar-refractivity contribution is -0.119. The number of carbonyl (C=O) groups excluding carboxylic acids is 1. The number of para-hydroxylation sites is 1. The van der Waals surface area contributed by atoms with Gasteiger partial charge in [-0.2, -0.15) is 0 Å². The van der Waals surface area contributed by atoms with Crippen LogP contribution < -0.4 is 15.8 Å². The van der Waals surface area contributed by atoms with Crippen molar-refractivity contribution in [3.05, 3.63) is 36.5 Å². The summed E-state index contributed by atoms with van der Waals surface area (Å²) in [4.78, 5) is 15.2. The summed E-state index contributed by atoms with van der Waals surface area (Å²) in [5, 5.41) is 3.67. The van der Waals surface area contributed by atoms with Gasteiger partial charge in [0.2, 0.25) is 5.91 Å². The first-order valence-electron chi connectivity index (χ1n) is 5.74. The number of amides is 1. The molecular formula is C13H15N3O2. The van der Waals surface area contributed by atoms with Crippen LogP contribution in [0.2, 0.25) is 0 Å². The minimum absolute atomic E-state index is 0.00414. The third-order valence-electron chi connectivity index (χ3n) is 2.46. The number of pyridine rings is 1. The topological polar surface area (TPSA) is 77.2 Å². The van der Waals surface area contributed by atoms with Gasteiger partial charge in [-0.1, -0.05) is 18.2 Å². The molecule has 0 radical (unpaired) electrons. The molecule has 0 saturated heterocycles. The molecule has 2 rings (SSSR count). The van der Waals surface area contributed by atoms with Gasteiger partial charge < -0.3 is 15.8 Å². The second-order valence-corrected chi connectivity index (χ2v) is 3.73. The smallest absolute Gasteiger partial charge is 0.233 e. The van der Waals surface area contributed by atoms with Crippen LogP contribution in [-0.2, 0) is 4.79 Å². The molecule has 94 valence electrons. The first-order valence-corrected chi connectivity index (χ1v) is 5.74. The maximum Gasteiger partial charge on any atom is 0.233 e. The Kier molecular flexibility index (Phi) is 4.09. The van der Waals surface area contributed by atoms with E-state index >= 15 is 0 Å². The molecule has 0 spiro atoms. The van der Waals surface area contributed by atoms with Gasteiger partial charge >= 0.3 is 0 Å². The van der Waals surface area contributed by atoms with Crippen LogP contribution in [0.1, 0.15) is 0 Å². The van der Waals surface area contributed by atoms with E-state index in [2.05, 4.69) is 10.3 Å². The fourth-order valence-electron chi connectivity index (χ4n) is 1.62. The monoisotopic (exact) mass is 245 g/mol. The predicted octanol–water partition coefficient (Wildman–Crippen LogP) is 0.688. The van der Waals surface area contributed by atoms with E-state index in [4.69, 9.17) is 10.5 Å². The number of carbonyl (C=O) groups is 1. The highest BCUT2D eigenvalue weighted by Gasteiger charge is 2.02. The standard InChI is InChI=1S/C13H15N3O2/c14-9-12(17)15-7-8-18-11-5-1-3-10-4-2-6-16-13(10)11/h1-6H,7-9,14H2,(H,15,17). The number of benzene rings is 1.